The van der Waals surface area contributed by atoms with Crippen LogP contribution in [-0.2, 0) is 4.79 Å². The van der Waals surface area contributed by atoms with E-state index in [0.717, 1.165) is 31.5 Å². The van der Waals surface area contributed by atoms with E-state index in [2.05, 4.69) is 17.6 Å². The monoisotopic (exact) mass is 309 g/mol. The smallest absolute Gasteiger partial charge is 0.240 e. The molecule has 4 nitrogen and oxygen atoms in total. The average Bonchev–Trinajstić information content (AvgIpc) is 2.48. The van der Waals surface area contributed by atoms with Crippen molar-refractivity contribution in [2.75, 3.05) is 13.1 Å². The molecule has 0 spiro atoms. The van der Waals surface area contributed by atoms with Crippen LogP contribution in [0.5, 0.6) is 0 Å². The Balaban J connectivity index is 2.08. The molecule has 0 aliphatic carbocycles. The van der Waals surface area contributed by atoms with Crippen LogP contribution in [0.15, 0.2) is 24.3 Å². The van der Waals surface area contributed by atoms with Gasteiger partial charge in [-0.05, 0) is 50.0 Å². The third-order valence-electron chi connectivity index (χ3n) is 4.10. The molecule has 5 heteroatoms. The quantitative estimate of drug-likeness (QED) is 0.782. The van der Waals surface area contributed by atoms with E-state index in [1.165, 1.54) is 0 Å². The lowest BCUT2D eigenvalue weighted by Gasteiger charge is -2.34. The van der Waals surface area contributed by atoms with Crippen LogP contribution >= 0.6 is 11.6 Å². The van der Waals surface area contributed by atoms with Crippen molar-refractivity contribution in [1.29, 1.82) is 0 Å². The van der Waals surface area contributed by atoms with Gasteiger partial charge in [-0.2, -0.15) is 0 Å². The second-order valence-electron chi connectivity index (χ2n) is 5.77. The van der Waals surface area contributed by atoms with Crippen LogP contribution in [-0.4, -0.2) is 24.5 Å². The van der Waals surface area contributed by atoms with Crippen LogP contribution in [0.1, 0.15) is 44.2 Å². The first-order valence-electron chi connectivity index (χ1n) is 7.61. The van der Waals surface area contributed by atoms with Crippen LogP contribution in [0.2, 0.25) is 5.02 Å². The van der Waals surface area contributed by atoms with Gasteiger partial charge in [0.25, 0.3) is 0 Å². The van der Waals surface area contributed by atoms with E-state index >= 15 is 0 Å². The third-order valence-corrected chi connectivity index (χ3v) is 4.36. The number of piperidine rings is 1. The molecule has 0 bridgehead atoms. The molecule has 1 aromatic carbocycles. The summed E-state index contributed by atoms with van der Waals surface area (Å²) in [5.41, 5.74) is 6.61. The molecule has 21 heavy (non-hydrogen) atoms. The molecule has 1 aliphatic rings. The van der Waals surface area contributed by atoms with Crippen molar-refractivity contribution in [3.8, 4) is 0 Å². The van der Waals surface area contributed by atoms with Gasteiger partial charge in [0, 0.05) is 5.02 Å². The van der Waals surface area contributed by atoms with Crippen LogP contribution < -0.4 is 16.4 Å². The molecule has 1 heterocycles. The molecule has 116 valence electrons. The van der Waals surface area contributed by atoms with Gasteiger partial charge in [-0.1, -0.05) is 37.1 Å². The number of amides is 1. The number of carbonyl (C=O) groups is 1. The highest BCUT2D eigenvalue weighted by molar-refractivity contribution is 6.30. The number of halogens is 1. The van der Waals surface area contributed by atoms with Gasteiger partial charge in [-0.25, -0.2) is 0 Å². The zero-order valence-corrected chi connectivity index (χ0v) is 13.2. The molecule has 0 aromatic heterocycles. The summed E-state index contributed by atoms with van der Waals surface area (Å²) in [5, 5.41) is 7.07. The lowest BCUT2D eigenvalue weighted by molar-refractivity contribution is -0.128. The van der Waals surface area contributed by atoms with Gasteiger partial charge in [-0.15, -0.1) is 0 Å². The standard InChI is InChI=1S/C16H24ClN3O/c1-2-3-14(12-4-6-13(17)7-5-12)20-15(21)16(18)8-10-19-11-9-16/h4-7,14,19H,2-3,8-11,18H2,1H3,(H,20,21)/t14-/m0/s1. The number of nitrogens with two attached hydrogens (primary N) is 1. The molecular formula is C16H24ClN3O. The summed E-state index contributed by atoms with van der Waals surface area (Å²) in [6.07, 6.45) is 3.24. The van der Waals surface area contributed by atoms with E-state index in [0.29, 0.717) is 17.9 Å². The lowest BCUT2D eigenvalue weighted by Crippen LogP contribution is -2.59. The van der Waals surface area contributed by atoms with E-state index in [1.807, 2.05) is 24.3 Å². The van der Waals surface area contributed by atoms with Gasteiger partial charge in [0.15, 0.2) is 0 Å². The third kappa shape index (κ3) is 4.19. The Labute approximate surface area is 131 Å². The lowest BCUT2D eigenvalue weighted by atomic mass is 9.88. The average molecular weight is 310 g/mol. The van der Waals surface area contributed by atoms with Crippen molar-refractivity contribution in [3.63, 3.8) is 0 Å². The van der Waals surface area contributed by atoms with Crippen molar-refractivity contribution < 1.29 is 4.79 Å². The first-order valence-corrected chi connectivity index (χ1v) is 7.99. The van der Waals surface area contributed by atoms with Crippen molar-refractivity contribution >= 4 is 17.5 Å². The first-order chi connectivity index (χ1) is 10.0. The van der Waals surface area contributed by atoms with Crippen molar-refractivity contribution in [2.45, 2.75) is 44.2 Å². The van der Waals surface area contributed by atoms with E-state index in [-0.39, 0.29) is 11.9 Å². The van der Waals surface area contributed by atoms with Crippen LogP contribution in [0.25, 0.3) is 0 Å². The maximum Gasteiger partial charge on any atom is 0.240 e. The molecule has 1 aromatic rings. The number of nitrogens with one attached hydrogen (secondary N) is 2. The molecule has 2 rings (SSSR count). The van der Waals surface area contributed by atoms with Gasteiger partial charge in [0.2, 0.25) is 5.91 Å². The Morgan fingerprint density at radius 1 is 1.38 bits per heavy atom. The number of hydrogen-bond donors (Lipinski definition) is 3. The normalized spacial score (nSPS) is 19.0. The summed E-state index contributed by atoms with van der Waals surface area (Å²) in [7, 11) is 0. The fourth-order valence-electron chi connectivity index (χ4n) is 2.71. The molecule has 1 aliphatic heterocycles. The molecule has 1 fully saturated rings. The summed E-state index contributed by atoms with van der Waals surface area (Å²) in [5.74, 6) is -0.0441. The maximum atomic E-state index is 12.6. The fraction of sp³-hybridized carbons (Fsp3) is 0.562. The molecule has 0 unspecified atom stereocenters. The SMILES string of the molecule is CCC[C@H](NC(=O)C1(N)CCNCC1)c1ccc(Cl)cc1. The van der Waals surface area contributed by atoms with E-state index in [4.69, 9.17) is 17.3 Å². The molecule has 1 amide bonds. The minimum Gasteiger partial charge on any atom is -0.348 e. The minimum atomic E-state index is -0.746. The summed E-state index contributed by atoms with van der Waals surface area (Å²) in [6.45, 7) is 3.70. The highest BCUT2D eigenvalue weighted by Gasteiger charge is 2.36. The van der Waals surface area contributed by atoms with E-state index in [9.17, 15) is 4.79 Å². The second-order valence-corrected chi connectivity index (χ2v) is 6.21. The topological polar surface area (TPSA) is 67.2 Å². The van der Waals surface area contributed by atoms with Crippen LogP contribution in [0, 0.1) is 0 Å². The number of carbonyl (C=O) groups excluding carboxylic acids is 1. The Hall–Kier alpha value is -1.10. The highest BCUT2D eigenvalue weighted by Crippen LogP contribution is 2.23. The van der Waals surface area contributed by atoms with Gasteiger partial charge >= 0.3 is 0 Å². The molecule has 1 atom stereocenters. The maximum absolute atomic E-state index is 12.6. The Morgan fingerprint density at radius 3 is 2.57 bits per heavy atom. The largest absolute Gasteiger partial charge is 0.348 e. The Morgan fingerprint density at radius 2 is 2.00 bits per heavy atom. The minimum absolute atomic E-state index is 0.00456. The Kier molecular flexibility index (Phi) is 5.62. The predicted octanol–water partition coefficient (Wildman–Crippen LogP) is 2.38. The number of hydrogen-bond acceptors (Lipinski definition) is 3. The molecule has 1 saturated heterocycles. The fourth-order valence-corrected chi connectivity index (χ4v) is 2.83. The first kappa shape index (κ1) is 16.3. The van der Waals surface area contributed by atoms with E-state index in [1.54, 1.807) is 0 Å². The van der Waals surface area contributed by atoms with Crippen molar-refractivity contribution in [3.05, 3.63) is 34.9 Å². The molecule has 0 radical (unpaired) electrons. The number of rotatable bonds is 5. The Bertz CT molecular complexity index is 469. The molecule has 4 N–H and O–H groups in total. The van der Waals surface area contributed by atoms with Gasteiger partial charge in [0.1, 0.15) is 0 Å². The van der Waals surface area contributed by atoms with Crippen LogP contribution in [0.4, 0.5) is 0 Å². The molecule has 0 saturated carbocycles. The number of benzene rings is 1. The summed E-state index contributed by atoms with van der Waals surface area (Å²) >= 11 is 5.93. The summed E-state index contributed by atoms with van der Waals surface area (Å²) < 4.78 is 0. The zero-order chi connectivity index (χ0) is 15.3. The van der Waals surface area contributed by atoms with Gasteiger partial charge < -0.3 is 16.4 Å². The van der Waals surface area contributed by atoms with Crippen LogP contribution in [0.3, 0.4) is 0 Å². The summed E-state index contributed by atoms with van der Waals surface area (Å²) in [4.78, 5) is 12.6. The second kappa shape index (κ2) is 7.25. The predicted molar refractivity (Wildman–Crippen MR) is 86.3 cm³/mol. The summed E-state index contributed by atoms with van der Waals surface area (Å²) in [6, 6.07) is 7.64. The van der Waals surface area contributed by atoms with Crippen molar-refractivity contribution in [2.24, 2.45) is 5.73 Å². The van der Waals surface area contributed by atoms with Gasteiger partial charge in [-0.3, -0.25) is 4.79 Å². The molecular weight excluding hydrogens is 286 g/mol. The zero-order valence-electron chi connectivity index (χ0n) is 12.5. The van der Waals surface area contributed by atoms with E-state index < -0.39 is 5.54 Å². The van der Waals surface area contributed by atoms with Crippen molar-refractivity contribution in [1.82, 2.24) is 10.6 Å². The highest BCUT2D eigenvalue weighted by atomic mass is 35.5. The van der Waals surface area contributed by atoms with Gasteiger partial charge in [0.05, 0.1) is 11.6 Å².